The summed E-state index contributed by atoms with van der Waals surface area (Å²) in [5.74, 6) is 0.857. The molecule has 0 spiro atoms. The molecule has 0 bridgehead atoms. The number of fused-ring (bicyclic) bond motifs is 1. The Morgan fingerprint density at radius 1 is 1.14 bits per heavy atom. The van der Waals surface area contributed by atoms with E-state index in [-0.39, 0.29) is 5.60 Å². The van der Waals surface area contributed by atoms with Gasteiger partial charge in [-0.05, 0) is 79.5 Å². The number of aromatic nitrogens is 3. The van der Waals surface area contributed by atoms with E-state index in [4.69, 9.17) is 4.74 Å². The van der Waals surface area contributed by atoms with E-state index in [0.717, 1.165) is 32.8 Å². The van der Waals surface area contributed by atoms with Gasteiger partial charge in [-0.3, -0.25) is 0 Å². The summed E-state index contributed by atoms with van der Waals surface area (Å²) >= 11 is 3.47. The minimum absolute atomic E-state index is 0.200. The molecule has 3 rings (SSSR count). The van der Waals surface area contributed by atoms with Crippen LogP contribution in [-0.2, 0) is 0 Å². The van der Waals surface area contributed by atoms with Crippen LogP contribution < -0.4 is 4.74 Å². The van der Waals surface area contributed by atoms with E-state index >= 15 is 0 Å². The fourth-order valence-corrected chi connectivity index (χ4v) is 2.50. The van der Waals surface area contributed by atoms with E-state index < -0.39 is 0 Å². The van der Waals surface area contributed by atoms with Crippen molar-refractivity contribution in [3.8, 4) is 17.0 Å². The summed E-state index contributed by atoms with van der Waals surface area (Å²) in [6, 6.07) is 10.0. The van der Waals surface area contributed by atoms with Crippen LogP contribution in [0.1, 0.15) is 26.3 Å². The highest BCUT2D eigenvalue weighted by molar-refractivity contribution is 9.10. The minimum Gasteiger partial charge on any atom is -0.488 e. The van der Waals surface area contributed by atoms with Gasteiger partial charge in [0.15, 0.2) is 5.65 Å². The zero-order valence-electron chi connectivity index (χ0n) is 13.1. The third kappa shape index (κ3) is 2.99. The van der Waals surface area contributed by atoms with Crippen molar-refractivity contribution < 1.29 is 4.74 Å². The summed E-state index contributed by atoms with van der Waals surface area (Å²) in [6.07, 6.45) is 1.84. The van der Waals surface area contributed by atoms with Gasteiger partial charge in [-0.1, -0.05) is 0 Å². The van der Waals surface area contributed by atoms with Crippen molar-refractivity contribution in [2.75, 3.05) is 0 Å². The molecule has 0 aliphatic carbocycles. The maximum atomic E-state index is 5.85. The van der Waals surface area contributed by atoms with E-state index in [9.17, 15) is 0 Å². The number of halogens is 1. The van der Waals surface area contributed by atoms with Gasteiger partial charge in [0.1, 0.15) is 16.0 Å². The number of benzene rings is 1. The molecular weight excluding hydrogens is 342 g/mol. The Hall–Kier alpha value is -1.88. The van der Waals surface area contributed by atoms with Gasteiger partial charge in [-0.15, -0.1) is 0 Å². The summed E-state index contributed by atoms with van der Waals surface area (Å²) in [4.78, 5) is 4.43. The second kappa shape index (κ2) is 5.39. The summed E-state index contributed by atoms with van der Waals surface area (Å²) in [5.41, 5.74) is 3.72. The highest BCUT2D eigenvalue weighted by Crippen LogP contribution is 2.26. The van der Waals surface area contributed by atoms with Crippen LogP contribution >= 0.6 is 15.9 Å². The zero-order chi connectivity index (χ0) is 15.9. The predicted molar refractivity (Wildman–Crippen MR) is 91.2 cm³/mol. The first-order chi connectivity index (χ1) is 10.3. The molecule has 0 radical (unpaired) electrons. The van der Waals surface area contributed by atoms with Crippen LogP contribution in [0.3, 0.4) is 0 Å². The monoisotopic (exact) mass is 359 g/mol. The predicted octanol–water partition coefficient (Wildman–Crippen LogP) is 4.64. The third-order valence-electron chi connectivity index (χ3n) is 3.20. The first-order valence-corrected chi connectivity index (χ1v) is 7.93. The molecule has 2 heterocycles. The molecule has 0 N–H and O–H groups in total. The standard InChI is InChI=1S/C17H18BrN3O/c1-11-9-15-19-10-14(21(15)20-16(11)18)12-5-7-13(8-6-12)22-17(2,3)4/h5-10H,1-4H3. The topological polar surface area (TPSA) is 39.4 Å². The number of nitrogens with zero attached hydrogens (tertiary/aromatic N) is 3. The maximum absolute atomic E-state index is 5.85. The molecule has 4 nitrogen and oxygen atoms in total. The lowest BCUT2D eigenvalue weighted by Gasteiger charge is -2.21. The second-order valence-electron chi connectivity index (χ2n) is 6.27. The number of ether oxygens (including phenoxy) is 1. The minimum atomic E-state index is -0.200. The van der Waals surface area contributed by atoms with E-state index in [0.29, 0.717) is 0 Å². The van der Waals surface area contributed by atoms with Crippen LogP contribution in [0.5, 0.6) is 5.75 Å². The highest BCUT2D eigenvalue weighted by Gasteiger charge is 2.13. The van der Waals surface area contributed by atoms with Gasteiger partial charge in [-0.25, -0.2) is 9.50 Å². The summed E-state index contributed by atoms with van der Waals surface area (Å²) in [6.45, 7) is 8.11. The molecule has 0 amide bonds. The fraction of sp³-hybridized carbons (Fsp3) is 0.294. The lowest BCUT2D eigenvalue weighted by Crippen LogP contribution is -2.22. The van der Waals surface area contributed by atoms with Gasteiger partial charge in [0.25, 0.3) is 0 Å². The van der Waals surface area contributed by atoms with Gasteiger partial charge in [-0.2, -0.15) is 5.10 Å². The molecule has 5 heteroatoms. The Labute approximate surface area is 138 Å². The summed E-state index contributed by atoms with van der Waals surface area (Å²) in [7, 11) is 0. The molecule has 0 aliphatic heterocycles. The Morgan fingerprint density at radius 3 is 2.45 bits per heavy atom. The lowest BCUT2D eigenvalue weighted by molar-refractivity contribution is 0.131. The normalized spacial score (nSPS) is 11.9. The van der Waals surface area contributed by atoms with E-state index in [2.05, 4.69) is 26.0 Å². The van der Waals surface area contributed by atoms with Gasteiger partial charge in [0, 0.05) is 5.56 Å². The van der Waals surface area contributed by atoms with Gasteiger partial charge in [0.05, 0.1) is 11.9 Å². The van der Waals surface area contributed by atoms with Crippen LogP contribution in [0.15, 0.2) is 41.1 Å². The summed E-state index contributed by atoms with van der Waals surface area (Å²) in [5, 5.41) is 4.53. The van der Waals surface area contributed by atoms with Crippen LogP contribution in [0, 0.1) is 6.92 Å². The zero-order valence-corrected chi connectivity index (χ0v) is 14.7. The van der Waals surface area contributed by atoms with Crippen LogP contribution in [-0.4, -0.2) is 20.2 Å². The molecule has 114 valence electrons. The number of imidazole rings is 1. The van der Waals surface area contributed by atoms with Crippen molar-refractivity contribution in [3.05, 3.63) is 46.7 Å². The molecule has 0 unspecified atom stereocenters. The molecular formula is C17H18BrN3O. The number of rotatable bonds is 2. The van der Waals surface area contributed by atoms with Gasteiger partial charge in [0.2, 0.25) is 0 Å². The molecule has 0 atom stereocenters. The van der Waals surface area contributed by atoms with Crippen LogP contribution in [0.25, 0.3) is 16.9 Å². The third-order valence-corrected chi connectivity index (χ3v) is 3.98. The van der Waals surface area contributed by atoms with Crippen molar-refractivity contribution >= 4 is 21.6 Å². The lowest BCUT2D eigenvalue weighted by atomic mass is 10.1. The van der Waals surface area contributed by atoms with Crippen molar-refractivity contribution in [1.29, 1.82) is 0 Å². The number of aryl methyl sites for hydroxylation is 1. The number of hydrogen-bond donors (Lipinski definition) is 0. The molecule has 0 saturated heterocycles. The Kier molecular flexibility index (Phi) is 3.68. The van der Waals surface area contributed by atoms with Gasteiger partial charge < -0.3 is 4.74 Å². The molecule has 2 aromatic heterocycles. The second-order valence-corrected chi connectivity index (χ2v) is 7.02. The maximum Gasteiger partial charge on any atom is 0.154 e. The van der Waals surface area contributed by atoms with Crippen LogP contribution in [0.4, 0.5) is 0 Å². The average molecular weight is 360 g/mol. The van der Waals surface area contributed by atoms with Gasteiger partial charge >= 0.3 is 0 Å². The first-order valence-electron chi connectivity index (χ1n) is 7.14. The smallest absolute Gasteiger partial charge is 0.154 e. The SMILES string of the molecule is Cc1cc2ncc(-c3ccc(OC(C)(C)C)cc3)n2nc1Br. The Morgan fingerprint density at radius 2 is 1.82 bits per heavy atom. The van der Waals surface area contributed by atoms with Crippen molar-refractivity contribution in [3.63, 3.8) is 0 Å². The van der Waals surface area contributed by atoms with Crippen molar-refractivity contribution in [1.82, 2.24) is 14.6 Å². The van der Waals surface area contributed by atoms with E-state index in [1.165, 1.54) is 0 Å². The van der Waals surface area contributed by atoms with Crippen LogP contribution in [0.2, 0.25) is 0 Å². The van der Waals surface area contributed by atoms with E-state index in [1.54, 1.807) is 0 Å². The largest absolute Gasteiger partial charge is 0.488 e. The number of hydrogen-bond acceptors (Lipinski definition) is 3. The fourth-order valence-electron chi connectivity index (χ4n) is 2.23. The molecule has 0 fully saturated rings. The molecule has 0 aliphatic rings. The van der Waals surface area contributed by atoms with Crippen molar-refractivity contribution in [2.24, 2.45) is 0 Å². The summed E-state index contributed by atoms with van der Waals surface area (Å²) < 4.78 is 8.52. The molecule has 0 saturated carbocycles. The molecule has 3 aromatic rings. The quantitative estimate of drug-likeness (QED) is 0.668. The Bertz CT molecular complexity index is 816. The first kappa shape index (κ1) is 15.0. The van der Waals surface area contributed by atoms with E-state index in [1.807, 2.05) is 68.7 Å². The molecule has 22 heavy (non-hydrogen) atoms. The average Bonchev–Trinajstić information content (AvgIpc) is 2.81. The highest BCUT2D eigenvalue weighted by atomic mass is 79.9. The Balaban J connectivity index is 1.99. The molecule has 1 aromatic carbocycles. The van der Waals surface area contributed by atoms with Crippen molar-refractivity contribution in [2.45, 2.75) is 33.3 Å².